The Bertz CT molecular complexity index is 1150. The maximum Gasteiger partial charge on any atom is 0.308 e. The van der Waals surface area contributed by atoms with Crippen LogP contribution in [-0.4, -0.2) is 73.6 Å². The van der Waals surface area contributed by atoms with Crippen LogP contribution in [0.3, 0.4) is 0 Å². The molecular formula is C23H30N6O6. The van der Waals surface area contributed by atoms with Gasteiger partial charge in [-0.25, -0.2) is 15.0 Å². The van der Waals surface area contributed by atoms with E-state index in [2.05, 4.69) is 32.1 Å². The molecule has 1 saturated carbocycles. The van der Waals surface area contributed by atoms with E-state index < -0.39 is 30.4 Å². The number of aliphatic hydroxyl groups is 2. The van der Waals surface area contributed by atoms with E-state index in [1.807, 2.05) is 0 Å². The quantitative estimate of drug-likeness (QED) is 0.329. The van der Waals surface area contributed by atoms with E-state index in [0.29, 0.717) is 24.4 Å². The number of carbonyl (C=O) groups is 2. The molecule has 1 amide bonds. The van der Waals surface area contributed by atoms with Crippen LogP contribution in [0.1, 0.15) is 51.1 Å². The van der Waals surface area contributed by atoms with Crippen LogP contribution in [0.2, 0.25) is 0 Å². The SMILES string of the molecule is CCNC(=O)C1OC(n2cnc3c(N)nc(C#CCC4CCC(C(=O)OC)CC4)nc32)C(O)C1O. The minimum atomic E-state index is -1.42. The summed E-state index contributed by atoms with van der Waals surface area (Å²) in [5, 5.41) is 23.4. The molecule has 2 aromatic rings. The van der Waals surface area contributed by atoms with Gasteiger partial charge in [0.25, 0.3) is 5.91 Å². The molecule has 2 aliphatic rings. The van der Waals surface area contributed by atoms with Gasteiger partial charge in [-0.1, -0.05) is 5.92 Å². The predicted molar refractivity (Wildman–Crippen MR) is 123 cm³/mol. The number of nitrogen functional groups attached to an aromatic ring is 1. The van der Waals surface area contributed by atoms with Gasteiger partial charge in [0.05, 0.1) is 19.4 Å². The van der Waals surface area contributed by atoms with Gasteiger partial charge in [-0.3, -0.25) is 14.2 Å². The maximum atomic E-state index is 12.2. The first-order valence-corrected chi connectivity index (χ1v) is 11.7. The fourth-order valence-corrected chi connectivity index (χ4v) is 4.60. The van der Waals surface area contributed by atoms with Crippen molar-refractivity contribution in [1.29, 1.82) is 0 Å². The lowest BCUT2D eigenvalue weighted by Crippen LogP contribution is -2.42. The van der Waals surface area contributed by atoms with Crippen molar-refractivity contribution in [2.45, 2.75) is 63.6 Å². The molecule has 0 bridgehead atoms. The largest absolute Gasteiger partial charge is 0.469 e. The Balaban J connectivity index is 1.49. The van der Waals surface area contributed by atoms with E-state index >= 15 is 0 Å². The van der Waals surface area contributed by atoms with Gasteiger partial charge in [0.15, 0.2) is 23.8 Å². The lowest BCUT2D eigenvalue weighted by molar-refractivity contribution is -0.146. The molecule has 0 spiro atoms. The summed E-state index contributed by atoms with van der Waals surface area (Å²) in [5.41, 5.74) is 6.63. The van der Waals surface area contributed by atoms with Gasteiger partial charge in [0.1, 0.15) is 17.7 Å². The third kappa shape index (κ3) is 5.07. The highest BCUT2D eigenvalue weighted by Crippen LogP contribution is 2.33. The first-order valence-electron chi connectivity index (χ1n) is 11.7. The zero-order valence-corrected chi connectivity index (χ0v) is 19.7. The Morgan fingerprint density at radius 1 is 1.26 bits per heavy atom. The lowest BCUT2D eigenvalue weighted by atomic mass is 9.81. The zero-order chi connectivity index (χ0) is 25.1. The summed E-state index contributed by atoms with van der Waals surface area (Å²) in [5.74, 6) is 6.02. The molecule has 4 atom stereocenters. The fourth-order valence-electron chi connectivity index (χ4n) is 4.60. The Morgan fingerprint density at radius 3 is 2.69 bits per heavy atom. The molecule has 0 aromatic carbocycles. The van der Waals surface area contributed by atoms with Gasteiger partial charge in [0, 0.05) is 13.0 Å². The number of nitrogens with zero attached hydrogens (tertiary/aromatic N) is 4. The Labute approximate surface area is 202 Å². The highest BCUT2D eigenvalue weighted by Gasteiger charge is 2.47. The minimum Gasteiger partial charge on any atom is -0.469 e. The number of fused-ring (bicyclic) bond motifs is 1. The number of methoxy groups -OCH3 is 1. The summed E-state index contributed by atoms with van der Waals surface area (Å²) in [6.45, 7) is 2.10. The number of ether oxygens (including phenoxy) is 2. The molecule has 0 radical (unpaired) electrons. The monoisotopic (exact) mass is 486 g/mol. The molecule has 12 heteroatoms. The van der Waals surface area contributed by atoms with Crippen LogP contribution in [0.25, 0.3) is 11.2 Å². The van der Waals surface area contributed by atoms with Gasteiger partial charge >= 0.3 is 5.97 Å². The molecule has 1 aliphatic carbocycles. The number of hydrogen-bond acceptors (Lipinski definition) is 10. The van der Waals surface area contributed by atoms with Gasteiger partial charge in [-0.2, -0.15) is 0 Å². The smallest absolute Gasteiger partial charge is 0.308 e. The number of esters is 1. The average Bonchev–Trinajstić information content (AvgIpc) is 3.40. The number of nitrogens with two attached hydrogens (primary N) is 1. The minimum absolute atomic E-state index is 0.0330. The fraction of sp³-hybridized carbons (Fsp3) is 0.609. The lowest BCUT2D eigenvalue weighted by Gasteiger charge is -2.25. The summed E-state index contributed by atoms with van der Waals surface area (Å²) in [6.07, 6.45) is 0.253. The summed E-state index contributed by atoms with van der Waals surface area (Å²) in [7, 11) is 1.41. The molecule has 3 heterocycles. The first-order chi connectivity index (χ1) is 16.8. The number of anilines is 1. The third-order valence-corrected chi connectivity index (χ3v) is 6.54. The van der Waals surface area contributed by atoms with E-state index in [-0.39, 0.29) is 29.2 Å². The number of aromatic nitrogens is 4. The number of carbonyl (C=O) groups excluding carboxylic acids is 2. The van der Waals surface area contributed by atoms with E-state index in [1.165, 1.54) is 18.0 Å². The van der Waals surface area contributed by atoms with Crippen LogP contribution >= 0.6 is 0 Å². The van der Waals surface area contributed by atoms with Crippen molar-refractivity contribution >= 4 is 28.9 Å². The average molecular weight is 487 g/mol. The number of imidazole rings is 1. The normalized spacial score (nSPS) is 28.3. The molecule has 12 nitrogen and oxygen atoms in total. The van der Waals surface area contributed by atoms with E-state index in [0.717, 1.165) is 25.7 Å². The van der Waals surface area contributed by atoms with Crippen molar-refractivity contribution in [3.8, 4) is 11.8 Å². The van der Waals surface area contributed by atoms with Gasteiger partial charge in [0.2, 0.25) is 5.82 Å². The van der Waals surface area contributed by atoms with Crippen LogP contribution in [0, 0.1) is 23.7 Å². The van der Waals surface area contributed by atoms with Crippen molar-refractivity contribution in [3.63, 3.8) is 0 Å². The Morgan fingerprint density at radius 2 is 2.00 bits per heavy atom. The summed E-state index contributed by atoms with van der Waals surface area (Å²) in [6, 6.07) is 0. The van der Waals surface area contributed by atoms with Crippen LogP contribution in [0.4, 0.5) is 5.82 Å². The molecule has 1 aliphatic heterocycles. The third-order valence-electron chi connectivity index (χ3n) is 6.54. The van der Waals surface area contributed by atoms with E-state index in [4.69, 9.17) is 15.2 Å². The zero-order valence-electron chi connectivity index (χ0n) is 19.7. The van der Waals surface area contributed by atoms with Crippen LogP contribution in [-0.2, 0) is 19.1 Å². The molecular weight excluding hydrogens is 456 g/mol. The van der Waals surface area contributed by atoms with Crippen molar-refractivity contribution in [2.24, 2.45) is 11.8 Å². The first kappa shape index (κ1) is 24.8. The number of likely N-dealkylation sites (N-methyl/N-ethyl adjacent to an activating group) is 1. The standard InChI is InChI=1S/C23H30N6O6/c1-3-25-21(32)18-16(30)17(31)22(35-18)29-11-26-15-19(24)27-14(28-20(15)29)6-4-5-12-7-9-13(10-8-12)23(33)34-2/h11-13,16-18,22,30-31H,3,5,7-10H2,1-2H3,(H,25,32)(H2,24,27,28). The number of hydrogen-bond donors (Lipinski definition) is 4. The van der Waals surface area contributed by atoms with Crippen molar-refractivity contribution in [1.82, 2.24) is 24.8 Å². The van der Waals surface area contributed by atoms with E-state index in [1.54, 1.807) is 6.92 Å². The second-order valence-corrected chi connectivity index (χ2v) is 8.83. The highest BCUT2D eigenvalue weighted by atomic mass is 16.6. The molecule has 4 rings (SSSR count). The molecule has 35 heavy (non-hydrogen) atoms. The summed E-state index contributed by atoms with van der Waals surface area (Å²) >= 11 is 0. The van der Waals surface area contributed by atoms with Crippen molar-refractivity contribution in [3.05, 3.63) is 12.2 Å². The topological polar surface area (TPSA) is 175 Å². The second kappa shape index (κ2) is 10.6. The Hall–Kier alpha value is -3.27. The van der Waals surface area contributed by atoms with Crippen molar-refractivity contribution in [2.75, 3.05) is 19.4 Å². The molecule has 2 fully saturated rings. The van der Waals surface area contributed by atoms with Crippen LogP contribution < -0.4 is 11.1 Å². The molecule has 188 valence electrons. The highest BCUT2D eigenvalue weighted by molar-refractivity contribution is 5.83. The number of amides is 1. The molecule has 5 N–H and O–H groups in total. The molecule has 2 aromatic heterocycles. The van der Waals surface area contributed by atoms with Crippen LogP contribution in [0.15, 0.2) is 6.33 Å². The summed E-state index contributed by atoms with van der Waals surface area (Å²) in [4.78, 5) is 36.7. The second-order valence-electron chi connectivity index (χ2n) is 8.83. The predicted octanol–water partition coefficient (Wildman–Crippen LogP) is -0.115. The van der Waals surface area contributed by atoms with Gasteiger partial charge in [-0.15, -0.1) is 0 Å². The number of nitrogens with one attached hydrogen (secondary N) is 1. The number of rotatable bonds is 5. The Kier molecular flexibility index (Phi) is 7.49. The van der Waals surface area contributed by atoms with E-state index in [9.17, 15) is 19.8 Å². The maximum absolute atomic E-state index is 12.2. The van der Waals surface area contributed by atoms with Crippen molar-refractivity contribution < 1.29 is 29.3 Å². The van der Waals surface area contributed by atoms with Crippen LogP contribution in [0.5, 0.6) is 0 Å². The molecule has 4 unspecified atom stereocenters. The van der Waals surface area contributed by atoms with Gasteiger partial charge in [-0.05, 0) is 44.4 Å². The summed E-state index contributed by atoms with van der Waals surface area (Å²) < 4.78 is 11.9. The number of aliphatic hydroxyl groups excluding tert-OH is 2. The molecule has 1 saturated heterocycles. The van der Waals surface area contributed by atoms with Gasteiger partial charge < -0.3 is 30.7 Å².